The molecule has 1 aromatic heterocycles. The minimum absolute atomic E-state index is 0.0732. The van der Waals surface area contributed by atoms with Crippen LogP contribution in [0.25, 0.3) is 0 Å². The summed E-state index contributed by atoms with van der Waals surface area (Å²) in [6.45, 7) is 6.01. The summed E-state index contributed by atoms with van der Waals surface area (Å²) in [5.74, 6) is -0.794. The third-order valence-corrected chi connectivity index (χ3v) is 4.96. The lowest BCUT2D eigenvalue weighted by Gasteiger charge is -2.14. The van der Waals surface area contributed by atoms with Crippen molar-refractivity contribution in [1.82, 2.24) is 4.90 Å². The van der Waals surface area contributed by atoms with Gasteiger partial charge in [0, 0.05) is 13.1 Å². The van der Waals surface area contributed by atoms with Crippen molar-refractivity contribution in [3.05, 3.63) is 10.4 Å². The van der Waals surface area contributed by atoms with Gasteiger partial charge in [-0.25, -0.2) is 0 Å². The second-order valence-electron chi connectivity index (χ2n) is 5.21. The normalized spacial score (nSPS) is 18.8. The van der Waals surface area contributed by atoms with E-state index in [-0.39, 0.29) is 16.1 Å². The third kappa shape index (κ3) is 3.27. The lowest BCUT2D eigenvalue weighted by molar-refractivity contribution is 0.0999. The Bertz CT molecular complexity index is 557. The number of hydrogen-bond acceptors (Lipinski definition) is 6. The van der Waals surface area contributed by atoms with Gasteiger partial charge in [0.25, 0.3) is 11.8 Å². The molecule has 0 bridgehead atoms. The number of thiophene rings is 1. The van der Waals surface area contributed by atoms with Crippen LogP contribution in [0, 0.1) is 5.92 Å². The Morgan fingerprint density at radius 2 is 2.10 bits per heavy atom. The van der Waals surface area contributed by atoms with E-state index in [1.54, 1.807) is 0 Å². The zero-order valence-electron chi connectivity index (χ0n) is 12.0. The summed E-state index contributed by atoms with van der Waals surface area (Å²) < 4.78 is 0. The van der Waals surface area contributed by atoms with Gasteiger partial charge in [-0.15, -0.1) is 11.3 Å². The number of carbonyl (C=O) groups is 2. The summed E-state index contributed by atoms with van der Waals surface area (Å²) >= 11 is 1.09. The van der Waals surface area contributed by atoms with Gasteiger partial charge in [-0.3, -0.25) is 9.59 Å². The molecule has 0 spiro atoms. The summed E-state index contributed by atoms with van der Waals surface area (Å²) in [6, 6.07) is 0. The van der Waals surface area contributed by atoms with Crippen LogP contribution in [-0.4, -0.2) is 42.9 Å². The summed E-state index contributed by atoms with van der Waals surface area (Å²) in [5.41, 5.74) is 16.6. The Labute approximate surface area is 127 Å². The van der Waals surface area contributed by atoms with Crippen molar-refractivity contribution < 1.29 is 9.59 Å². The van der Waals surface area contributed by atoms with Crippen LogP contribution in [0.4, 0.5) is 10.7 Å². The van der Waals surface area contributed by atoms with E-state index in [9.17, 15) is 9.59 Å². The van der Waals surface area contributed by atoms with Crippen molar-refractivity contribution in [3.8, 4) is 0 Å². The van der Waals surface area contributed by atoms with Gasteiger partial charge in [0.2, 0.25) is 0 Å². The van der Waals surface area contributed by atoms with Crippen molar-refractivity contribution in [2.75, 3.05) is 37.2 Å². The van der Waals surface area contributed by atoms with Crippen molar-refractivity contribution in [2.45, 2.75) is 13.3 Å². The van der Waals surface area contributed by atoms with Gasteiger partial charge < -0.3 is 27.4 Å². The Kier molecular flexibility index (Phi) is 4.69. The zero-order valence-corrected chi connectivity index (χ0v) is 12.8. The molecule has 1 aromatic rings. The molecule has 8 heteroatoms. The number of hydrogen-bond donors (Lipinski definition) is 4. The SMILES string of the molecule is CCN1CCC(CNc2sc(C(N)=O)c(N)c2C(N)=O)C1. The first-order chi connectivity index (χ1) is 9.93. The number of primary amides is 2. The highest BCUT2D eigenvalue weighted by molar-refractivity contribution is 7.19. The van der Waals surface area contributed by atoms with Gasteiger partial charge in [0.05, 0.1) is 11.3 Å². The molecule has 0 saturated carbocycles. The number of carbonyl (C=O) groups excluding carboxylic acids is 2. The fraction of sp³-hybridized carbons (Fsp3) is 0.538. The Morgan fingerprint density at radius 1 is 1.38 bits per heavy atom. The van der Waals surface area contributed by atoms with Crippen LogP contribution in [0.2, 0.25) is 0 Å². The van der Waals surface area contributed by atoms with Gasteiger partial charge in [0.15, 0.2) is 0 Å². The average molecular weight is 311 g/mol. The van der Waals surface area contributed by atoms with Gasteiger partial charge >= 0.3 is 0 Å². The first kappa shape index (κ1) is 15.6. The molecule has 1 aliphatic rings. The maximum atomic E-state index is 11.5. The number of nitrogens with two attached hydrogens (primary N) is 3. The molecule has 2 amide bonds. The number of nitrogens with one attached hydrogen (secondary N) is 1. The second-order valence-corrected chi connectivity index (χ2v) is 6.23. The number of anilines is 2. The molecule has 2 heterocycles. The predicted octanol–water partition coefficient (Wildman–Crippen LogP) is 0.282. The van der Waals surface area contributed by atoms with Crippen molar-refractivity contribution in [2.24, 2.45) is 17.4 Å². The van der Waals surface area contributed by atoms with Gasteiger partial charge in [-0.2, -0.15) is 0 Å². The van der Waals surface area contributed by atoms with Crippen LogP contribution in [0.1, 0.15) is 33.4 Å². The molecule has 0 aliphatic carbocycles. The minimum atomic E-state index is -0.652. The lowest BCUT2D eigenvalue weighted by Crippen LogP contribution is -2.23. The van der Waals surface area contributed by atoms with Gasteiger partial charge in [0.1, 0.15) is 9.88 Å². The number of likely N-dealkylation sites (tertiary alicyclic amines) is 1. The third-order valence-electron chi connectivity index (χ3n) is 3.78. The highest BCUT2D eigenvalue weighted by Crippen LogP contribution is 2.35. The number of nitrogen functional groups attached to an aromatic ring is 1. The number of rotatable bonds is 6. The highest BCUT2D eigenvalue weighted by atomic mass is 32.1. The van der Waals surface area contributed by atoms with E-state index in [2.05, 4.69) is 17.1 Å². The molecule has 2 rings (SSSR count). The summed E-state index contributed by atoms with van der Waals surface area (Å²) in [5, 5.41) is 3.73. The highest BCUT2D eigenvalue weighted by Gasteiger charge is 2.25. The Morgan fingerprint density at radius 3 is 2.62 bits per heavy atom. The standard InChI is InChI=1S/C13H21N5O2S/c1-2-18-4-3-7(6-18)5-17-13-8(11(15)19)9(14)10(21-13)12(16)20/h7,17H,2-6,14H2,1H3,(H2,15,19)(H2,16,20). The van der Waals surface area contributed by atoms with Crippen LogP contribution in [-0.2, 0) is 0 Å². The smallest absolute Gasteiger partial charge is 0.260 e. The molecule has 0 aromatic carbocycles. The van der Waals surface area contributed by atoms with Crippen LogP contribution in [0.3, 0.4) is 0 Å². The summed E-state index contributed by atoms with van der Waals surface area (Å²) in [7, 11) is 0. The van der Waals surface area contributed by atoms with Gasteiger partial charge in [-0.05, 0) is 25.4 Å². The van der Waals surface area contributed by atoms with E-state index in [0.717, 1.165) is 43.9 Å². The minimum Gasteiger partial charge on any atom is -0.397 e. The van der Waals surface area contributed by atoms with Crippen LogP contribution in [0.5, 0.6) is 0 Å². The number of nitrogens with zero attached hydrogens (tertiary/aromatic N) is 1. The molecule has 21 heavy (non-hydrogen) atoms. The topological polar surface area (TPSA) is 127 Å². The Balaban J connectivity index is 2.11. The van der Waals surface area contributed by atoms with Gasteiger partial charge in [-0.1, -0.05) is 6.92 Å². The van der Waals surface area contributed by atoms with Crippen LogP contribution in [0.15, 0.2) is 0 Å². The molecule has 1 atom stereocenters. The first-order valence-corrected chi connectivity index (χ1v) is 7.73. The largest absolute Gasteiger partial charge is 0.397 e. The maximum absolute atomic E-state index is 11.5. The first-order valence-electron chi connectivity index (χ1n) is 6.92. The van der Waals surface area contributed by atoms with E-state index >= 15 is 0 Å². The molecule has 116 valence electrons. The summed E-state index contributed by atoms with van der Waals surface area (Å²) in [4.78, 5) is 25.4. The molecular formula is C13H21N5O2S. The molecule has 1 aliphatic heterocycles. The van der Waals surface area contributed by atoms with E-state index in [1.807, 2.05) is 0 Å². The molecule has 1 fully saturated rings. The van der Waals surface area contributed by atoms with E-state index < -0.39 is 11.8 Å². The quantitative estimate of drug-likeness (QED) is 0.600. The van der Waals surface area contributed by atoms with E-state index in [4.69, 9.17) is 17.2 Å². The predicted molar refractivity (Wildman–Crippen MR) is 84.5 cm³/mol. The molecular weight excluding hydrogens is 290 g/mol. The van der Waals surface area contributed by atoms with E-state index in [0.29, 0.717) is 10.9 Å². The van der Waals surface area contributed by atoms with Crippen molar-refractivity contribution in [3.63, 3.8) is 0 Å². The Hall–Kier alpha value is -1.80. The summed E-state index contributed by atoms with van der Waals surface area (Å²) in [6.07, 6.45) is 1.11. The molecule has 7 N–H and O–H groups in total. The molecule has 7 nitrogen and oxygen atoms in total. The van der Waals surface area contributed by atoms with Crippen LogP contribution >= 0.6 is 11.3 Å². The van der Waals surface area contributed by atoms with E-state index in [1.165, 1.54) is 0 Å². The average Bonchev–Trinajstić information content (AvgIpc) is 3.00. The lowest BCUT2D eigenvalue weighted by atomic mass is 10.1. The number of amides is 2. The van der Waals surface area contributed by atoms with Crippen molar-refractivity contribution >= 4 is 33.8 Å². The fourth-order valence-corrected chi connectivity index (χ4v) is 3.58. The second kappa shape index (κ2) is 6.31. The maximum Gasteiger partial charge on any atom is 0.260 e. The van der Waals surface area contributed by atoms with Crippen molar-refractivity contribution in [1.29, 1.82) is 0 Å². The fourth-order valence-electron chi connectivity index (χ4n) is 2.60. The molecule has 1 unspecified atom stereocenters. The molecule has 0 radical (unpaired) electrons. The zero-order chi connectivity index (χ0) is 15.6. The monoisotopic (exact) mass is 311 g/mol. The van der Waals surface area contributed by atoms with Crippen LogP contribution < -0.4 is 22.5 Å². The molecule has 1 saturated heterocycles.